The highest BCUT2D eigenvalue weighted by Gasteiger charge is 2.43. The number of aromatic nitrogens is 4. The van der Waals surface area contributed by atoms with E-state index < -0.39 is 0 Å². The maximum Gasteiger partial charge on any atom is 0.257 e. The first kappa shape index (κ1) is 16.6. The molecule has 6 nitrogen and oxygen atoms in total. The summed E-state index contributed by atoms with van der Waals surface area (Å²) in [6.45, 7) is 4.77. The van der Waals surface area contributed by atoms with E-state index in [9.17, 15) is 0 Å². The van der Waals surface area contributed by atoms with Crippen molar-refractivity contribution in [2.45, 2.75) is 44.6 Å². The van der Waals surface area contributed by atoms with Gasteiger partial charge in [-0.05, 0) is 56.8 Å². The molecule has 3 aromatic rings. The summed E-state index contributed by atoms with van der Waals surface area (Å²) in [5.41, 5.74) is 3.72. The lowest BCUT2D eigenvalue weighted by Crippen LogP contribution is -2.45. The monoisotopic (exact) mass is 361 g/mol. The molecule has 0 saturated carbocycles. The molecular weight excluding hydrogens is 338 g/mol. The first-order valence-corrected chi connectivity index (χ1v) is 9.65. The molecule has 1 spiro atoms. The average Bonchev–Trinajstić information content (AvgIpc) is 3.29. The molecule has 1 fully saturated rings. The molecule has 1 atom stereocenters. The average molecular weight is 361 g/mol. The number of likely N-dealkylation sites (tertiary alicyclic amines) is 1. The van der Waals surface area contributed by atoms with Crippen LogP contribution in [0.5, 0.6) is 0 Å². The Morgan fingerprint density at radius 3 is 2.93 bits per heavy atom. The Bertz CT molecular complexity index is 950. The Kier molecular flexibility index (Phi) is 4.01. The molecule has 1 unspecified atom stereocenters. The molecule has 6 heteroatoms. The highest BCUT2D eigenvalue weighted by atomic mass is 16.5. The van der Waals surface area contributed by atoms with Crippen LogP contribution in [0.15, 0.2) is 41.1 Å². The van der Waals surface area contributed by atoms with Gasteiger partial charge in [0.05, 0.1) is 12.2 Å². The van der Waals surface area contributed by atoms with Crippen LogP contribution in [0.4, 0.5) is 0 Å². The van der Waals surface area contributed by atoms with Gasteiger partial charge in [0.25, 0.3) is 5.89 Å². The normalized spacial score (nSPS) is 22.3. The molecule has 0 bridgehead atoms. The molecule has 0 radical (unpaired) electrons. The van der Waals surface area contributed by atoms with Crippen molar-refractivity contribution in [2.24, 2.45) is 0 Å². The van der Waals surface area contributed by atoms with Crippen LogP contribution >= 0.6 is 0 Å². The molecular formula is C21H23N5O. The van der Waals surface area contributed by atoms with Gasteiger partial charge in [0.1, 0.15) is 5.82 Å². The van der Waals surface area contributed by atoms with Crippen molar-refractivity contribution in [3.8, 4) is 11.5 Å². The highest BCUT2D eigenvalue weighted by molar-refractivity contribution is 5.51. The summed E-state index contributed by atoms with van der Waals surface area (Å²) in [5, 5.41) is 4.21. The molecule has 27 heavy (non-hydrogen) atoms. The van der Waals surface area contributed by atoms with Crippen LogP contribution in [0.1, 0.15) is 42.2 Å². The van der Waals surface area contributed by atoms with Crippen molar-refractivity contribution in [1.82, 2.24) is 25.0 Å². The lowest BCUT2D eigenvalue weighted by molar-refractivity contribution is 0.133. The van der Waals surface area contributed by atoms with Crippen LogP contribution < -0.4 is 0 Å². The quantitative estimate of drug-likeness (QED) is 0.713. The van der Waals surface area contributed by atoms with Gasteiger partial charge in [0.2, 0.25) is 0 Å². The SMILES string of the molecule is Cc1ncc2c(n1)C1(CCCN(Cc3noc(-c4ccccc4)n3)C1)CC2. The third-order valence-corrected chi connectivity index (χ3v) is 5.87. The molecule has 138 valence electrons. The number of nitrogens with zero attached hydrogens (tertiary/aromatic N) is 5. The second-order valence-electron chi connectivity index (χ2n) is 7.77. The van der Waals surface area contributed by atoms with Crippen molar-refractivity contribution >= 4 is 0 Å². The van der Waals surface area contributed by atoms with Gasteiger partial charge in [-0.2, -0.15) is 4.98 Å². The summed E-state index contributed by atoms with van der Waals surface area (Å²) in [7, 11) is 0. The predicted molar refractivity (Wildman–Crippen MR) is 101 cm³/mol. The fourth-order valence-corrected chi connectivity index (χ4v) is 4.61. The van der Waals surface area contributed by atoms with E-state index in [1.165, 1.54) is 30.5 Å². The van der Waals surface area contributed by atoms with Crippen molar-refractivity contribution in [3.05, 3.63) is 59.4 Å². The zero-order valence-electron chi connectivity index (χ0n) is 15.6. The largest absolute Gasteiger partial charge is 0.334 e. The minimum Gasteiger partial charge on any atom is -0.334 e. The minimum atomic E-state index is 0.160. The fraction of sp³-hybridized carbons (Fsp3) is 0.429. The van der Waals surface area contributed by atoms with Crippen LogP contribution in [0.25, 0.3) is 11.5 Å². The summed E-state index contributed by atoms with van der Waals surface area (Å²) < 4.78 is 5.47. The zero-order chi connectivity index (χ0) is 18.3. The van der Waals surface area contributed by atoms with Crippen molar-refractivity contribution in [1.29, 1.82) is 0 Å². The van der Waals surface area contributed by atoms with E-state index in [1.54, 1.807) is 0 Å². The predicted octanol–water partition coefficient (Wildman–Crippen LogP) is 3.32. The molecule has 3 heterocycles. The number of rotatable bonds is 3. The van der Waals surface area contributed by atoms with Crippen LogP contribution in [0, 0.1) is 6.92 Å². The van der Waals surface area contributed by atoms with Gasteiger partial charge in [0, 0.05) is 23.7 Å². The Hall–Kier alpha value is -2.60. The van der Waals surface area contributed by atoms with Gasteiger partial charge in [0.15, 0.2) is 5.82 Å². The fourth-order valence-electron chi connectivity index (χ4n) is 4.61. The van der Waals surface area contributed by atoms with Crippen molar-refractivity contribution in [2.75, 3.05) is 13.1 Å². The van der Waals surface area contributed by atoms with Crippen LogP contribution in [0.3, 0.4) is 0 Å². The molecule has 1 saturated heterocycles. The maximum absolute atomic E-state index is 5.47. The standard InChI is InChI=1S/C21H23N5O/c1-15-22-12-17-8-10-21(19(17)23-15)9-5-11-26(14-21)13-18-24-20(27-25-18)16-6-3-2-4-7-16/h2-4,6-7,12H,5,8-11,13-14H2,1H3. The number of hydrogen-bond acceptors (Lipinski definition) is 6. The van der Waals surface area contributed by atoms with E-state index in [1.807, 2.05) is 43.5 Å². The highest BCUT2D eigenvalue weighted by Crippen LogP contribution is 2.44. The van der Waals surface area contributed by atoms with Crippen molar-refractivity contribution < 1.29 is 4.52 Å². The first-order valence-electron chi connectivity index (χ1n) is 9.65. The van der Waals surface area contributed by atoms with Gasteiger partial charge in [-0.15, -0.1) is 0 Å². The van der Waals surface area contributed by atoms with E-state index in [0.29, 0.717) is 5.89 Å². The van der Waals surface area contributed by atoms with Gasteiger partial charge in [-0.3, -0.25) is 4.90 Å². The molecule has 0 N–H and O–H groups in total. The van der Waals surface area contributed by atoms with E-state index in [4.69, 9.17) is 9.51 Å². The molecule has 1 aliphatic carbocycles. The van der Waals surface area contributed by atoms with Gasteiger partial charge >= 0.3 is 0 Å². The number of piperidine rings is 1. The van der Waals surface area contributed by atoms with E-state index >= 15 is 0 Å². The second-order valence-corrected chi connectivity index (χ2v) is 7.77. The zero-order valence-corrected chi connectivity index (χ0v) is 15.6. The Morgan fingerprint density at radius 1 is 1.15 bits per heavy atom. The van der Waals surface area contributed by atoms with E-state index in [0.717, 1.165) is 43.3 Å². The maximum atomic E-state index is 5.47. The lowest BCUT2D eigenvalue weighted by Gasteiger charge is -2.40. The first-order chi connectivity index (χ1) is 13.2. The second kappa shape index (κ2) is 6.53. The number of benzene rings is 1. The summed E-state index contributed by atoms with van der Waals surface area (Å²) in [4.78, 5) is 16.3. The molecule has 2 aliphatic rings. The number of hydrogen-bond donors (Lipinski definition) is 0. The van der Waals surface area contributed by atoms with Gasteiger partial charge in [-0.1, -0.05) is 23.4 Å². The number of aryl methyl sites for hydroxylation is 2. The smallest absolute Gasteiger partial charge is 0.257 e. The number of fused-ring (bicyclic) bond motifs is 2. The van der Waals surface area contributed by atoms with Crippen LogP contribution in [-0.4, -0.2) is 38.1 Å². The van der Waals surface area contributed by atoms with Gasteiger partial charge < -0.3 is 4.52 Å². The Labute approximate surface area is 158 Å². The topological polar surface area (TPSA) is 67.9 Å². The summed E-state index contributed by atoms with van der Waals surface area (Å²) in [6.07, 6.45) is 6.65. The summed E-state index contributed by atoms with van der Waals surface area (Å²) >= 11 is 0. The lowest BCUT2D eigenvalue weighted by atomic mass is 9.77. The minimum absolute atomic E-state index is 0.160. The molecule has 2 aromatic heterocycles. The van der Waals surface area contributed by atoms with Crippen LogP contribution in [0.2, 0.25) is 0 Å². The third kappa shape index (κ3) is 3.04. The third-order valence-electron chi connectivity index (χ3n) is 5.87. The molecule has 1 aliphatic heterocycles. The molecule has 0 amide bonds. The Morgan fingerprint density at radius 2 is 2.04 bits per heavy atom. The van der Waals surface area contributed by atoms with Gasteiger partial charge in [-0.25, -0.2) is 9.97 Å². The van der Waals surface area contributed by atoms with Crippen LogP contribution in [-0.2, 0) is 18.4 Å². The Balaban J connectivity index is 1.35. The van der Waals surface area contributed by atoms with E-state index in [2.05, 4.69) is 20.0 Å². The van der Waals surface area contributed by atoms with E-state index in [-0.39, 0.29) is 5.41 Å². The summed E-state index contributed by atoms with van der Waals surface area (Å²) in [5.74, 6) is 2.22. The molecule has 1 aromatic carbocycles. The van der Waals surface area contributed by atoms with Crippen molar-refractivity contribution in [3.63, 3.8) is 0 Å². The molecule has 5 rings (SSSR count). The summed E-state index contributed by atoms with van der Waals surface area (Å²) in [6, 6.07) is 9.93.